The Morgan fingerprint density at radius 2 is 1.88 bits per heavy atom. The Morgan fingerprint density at radius 1 is 1.16 bits per heavy atom. The number of rotatable bonds is 7. The van der Waals surface area contributed by atoms with Gasteiger partial charge >= 0.3 is 5.97 Å². The molecule has 0 saturated carbocycles. The topological polar surface area (TPSA) is 69.4 Å². The Bertz CT molecular complexity index is 770. The van der Waals surface area contributed by atoms with Crippen molar-refractivity contribution in [2.75, 3.05) is 0 Å². The number of esters is 1. The van der Waals surface area contributed by atoms with Crippen LogP contribution in [0, 0.1) is 24.0 Å². The first kappa shape index (κ1) is 18.6. The third-order valence-electron chi connectivity index (χ3n) is 4.30. The van der Waals surface area contributed by atoms with Gasteiger partial charge in [0.15, 0.2) is 0 Å². The summed E-state index contributed by atoms with van der Waals surface area (Å²) in [6, 6.07) is 12.0. The zero-order valence-electron chi connectivity index (χ0n) is 14.8. The Hall–Kier alpha value is -2.69. The van der Waals surface area contributed by atoms with Crippen LogP contribution in [0.3, 0.4) is 0 Å². The summed E-state index contributed by atoms with van der Waals surface area (Å²) in [6.07, 6.45) is 0.992. The monoisotopic (exact) mass is 341 g/mol. The summed E-state index contributed by atoms with van der Waals surface area (Å²) in [5, 5.41) is 11.5. The molecule has 0 N–H and O–H groups in total. The fourth-order valence-corrected chi connectivity index (χ4v) is 2.81. The standard InChI is InChI=1S/C20H23NO4/c1-4-16-9-10-17(15(3)13-16)18(21(23)24)11-12-20(22)25-19-8-6-5-7-14(19)2/h5-10,13,18H,4,11-12H2,1-3H3. The van der Waals surface area contributed by atoms with Gasteiger partial charge in [-0.25, -0.2) is 0 Å². The number of nitrogens with zero attached hydrogens (tertiary/aromatic N) is 1. The van der Waals surface area contributed by atoms with E-state index in [1.807, 2.05) is 45.0 Å². The van der Waals surface area contributed by atoms with Crippen molar-refractivity contribution in [3.63, 3.8) is 0 Å². The molecular formula is C20H23NO4. The highest BCUT2D eigenvalue weighted by Crippen LogP contribution is 2.27. The van der Waals surface area contributed by atoms with Crippen LogP contribution in [0.2, 0.25) is 0 Å². The zero-order valence-corrected chi connectivity index (χ0v) is 14.8. The van der Waals surface area contributed by atoms with Crippen molar-refractivity contribution in [1.82, 2.24) is 0 Å². The molecular weight excluding hydrogens is 318 g/mol. The van der Waals surface area contributed by atoms with Gasteiger partial charge in [-0.15, -0.1) is 0 Å². The van der Waals surface area contributed by atoms with Crippen LogP contribution >= 0.6 is 0 Å². The molecule has 0 amide bonds. The average molecular weight is 341 g/mol. The molecule has 2 rings (SSSR count). The molecule has 25 heavy (non-hydrogen) atoms. The third-order valence-corrected chi connectivity index (χ3v) is 4.30. The molecule has 0 radical (unpaired) electrons. The molecule has 0 aliphatic rings. The predicted octanol–water partition coefficient (Wildman–Crippen LogP) is 4.57. The molecule has 0 aliphatic heterocycles. The zero-order chi connectivity index (χ0) is 18.4. The lowest BCUT2D eigenvalue weighted by Crippen LogP contribution is -2.16. The molecule has 0 heterocycles. The Morgan fingerprint density at radius 3 is 2.48 bits per heavy atom. The first-order chi connectivity index (χ1) is 11.9. The first-order valence-corrected chi connectivity index (χ1v) is 8.41. The SMILES string of the molecule is CCc1ccc(C(CCC(=O)Oc2ccccc2C)[N+](=O)[O-])c(C)c1. The molecule has 1 atom stereocenters. The van der Waals surface area contributed by atoms with E-state index in [1.165, 1.54) is 0 Å². The fourth-order valence-electron chi connectivity index (χ4n) is 2.81. The van der Waals surface area contributed by atoms with Crippen LogP contribution < -0.4 is 4.74 Å². The maximum absolute atomic E-state index is 12.1. The van der Waals surface area contributed by atoms with Crippen molar-refractivity contribution < 1.29 is 14.5 Å². The highest BCUT2D eigenvalue weighted by atomic mass is 16.6. The van der Waals surface area contributed by atoms with Crippen molar-refractivity contribution in [3.05, 3.63) is 74.8 Å². The highest BCUT2D eigenvalue weighted by molar-refractivity contribution is 5.72. The largest absolute Gasteiger partial charge is 0.426 e. The van der Waals surface area contributed by atoms with E-state index >= 15 is 0 Å². The van der Waals surface area contributed by atoms with Crippen molar-refractivity contribution in [2.24, 2.45) is 0 Å². The van der Waals surface area contributed by atoms with Crippen LogP contribution in [0.4, 0.5) is 0 Å². The van der Waals surface area contributed by atoms with Crippen LogP contribution in [0.25, 0.3) is 0 Å². The Kier molecular flexibility index (Phi) is 6.28. The number of aryl methyl sites for hydroxylation is 3. The lowest BCUT2D eigenvalue weighted by Gasteiger charge is -2.13. The van der Waals surface area contributed by atoms with Gasteiger partial charge in [0, 0.05) is 16.9 Å². The van der Waals surface area contributed by atoms with Crippen LogP contribution in [-0.2, 0) is 11.2 Å². The van der Waals surface area contributed by atoms with E-state index in [1.54, 1.807) is 18.2 Å². The summed E-state index contributed by atoms with van der Waals surface area (Å²) in [5.41, 5.74) is 3.54. The minimum absolute atomic E-state index is 0.00501. The van der Waals surface area contributed by atoms with Gasteiger partial charge < -0.3 is 4.74 Å². The smallest absolute Gasteiger partial charge is 0.311 e. The molecule has 0 saturated heterocycles. The number of benzene rings is 2. The summed E-state index contributed by atoms with van der Waals surface area (Å²) < 4.78 is 5.32. The maximum Gasteiger partial charge on any atom is 0.311 e. The van der Waals surface area contributed by atoms with E-state index in [9.17, 15) is 14.9 Å². The molecule has 1 unspecified atom stereocenters. The first-order valence-electron chi connectivity index (χ1n) is 8.41. The lowest BCUT2D eigenvalue weighted by molar-refractivity contribution is -0.530. The number of para-hydroxylation sites is 1. The van der Waals surface area contributed by atoms with E-state index in [2.05, 4.69) is 0 Å². The van der Waals surface area contributed by atoms with Crippen molar-refractivity contribution >= 4 is 5.97 Å². The quantitative estimate of drug-likeness (QED) is 0.320. The second kappa shape index (κ2) is 8.42. The molecule has 2 aromatic carbocycles. The number of hydrogen-bond donors (Lipinski definition) is 0. The minimum atomic E-state index is -0.907. The molecule has 2 aromatic rings. The normalized spacial score (nSPS) is 11.8. The van der Waals surface area contributed by atoms with Crippen LogP contribution in [0.5, 0.6) is 5.75 Å². The van der Waals surface area contributed by atoms with E-state index in [4.69, 9.17) is 4.74 Å². The highest BCUT2D eigenvalue weighted by Gasteiger charge is 2.26. The molecule has 0 spiro atoms. The van der Waals surface area contributed by atoms with Gasteiger partial charge in [-0.1, -0.05) is 43.3 Å². The maximum atomic E-state index is 12.1. The van der Waals surface area contributed by atoms with E-state index in [0.29, 0.717) is 11.3 Å². The Labute approximate surface area is 147 Å². The third kappa shape index (κ3) is 4.89. The fraction of sp³-hybridized carbons (Fsp3) is 0.350. The summed E-state index contributed by atoms with van der Waals surface area (Å²) >= 11 is 0. The van der Waals surface area contributed by atoms with Gasteiger partial charge in [-0.05, 0) is 43.0 Å². The van der Waals surface area contributed by atoms with E-state index in [-0.39, 0.29) is 17.8 Å². The number of nitro groups is 1. The van der Waals surface area contributed by atoms with Crippen molar-refractivity contribution in [1.29, 1.82) is 0 Å². The van der Waals surface area contributed by atoms with Gasteiger partial charge in [-0.2, -0.15) is 0 Å². The van der Waals surface area contributed by atoms with Gasteiger partial charge in [-0.3, -0.25) is 14.9 Å². The van der Waals surface area contributed by atoms with Gasteiger partial charge in [0.1, 0.15) is 5.75 Å². The van der Waals surface area contributed by atoms with Crippen molar-refractivity contribution in [2.45, 2.75) is 46.1 Å². The molecule has 5 nitrogen and oxygen atoms in total. The van der Waals surface area contributed by atoms with Crippen LogP contribution in [0.1, 0.15) is 48.1 Å². The summed E-state index contributed by atoms with van der Waals surface area (Å²) in [5.74, 6) is 0.0395. The molecule has 0 aromatic heterocycles. The molecule has 0 bridgehead atoms. The average Bonchev–Trinajstić information content (AvgIpc) is 2.58. The number of carbonyl (C=O) groups excluding carboxylic acids is 1. The van der Waals surface area contributed by atoms with Crippen LogP contribution in [-0.4, -0.2) is 10.9 Å². The summed E-state index contributed by atoms with van der Waals surface area (Å²) in [7, 11) is 0. The predicted molar refractivity (Wildman–Crippen MR) is 96.3 cm³/mol. The second-order valence-electron chi connectivity index (χ2n) is 6.12. The minimum Gasteiger partial charge on any atom is -0.426 e. The molecule has 0 aliphatic carbocycles. The van der Waals surface area contributed by atoms with Gasteiger partial charge in [0.2, 0.25) is 6.04 Å². The van der Waals surface area contributed by atoms with E-state index < -0.39 is 12.0 Å². The Balaban J connectivity index is 2.06. The van der Waals surface area contributed by atoms with Gasteiger partial charge in [0.25, 0.3) is 0 Å². The van der Waals surface area contributed by atoms with Crippen molar-refractivity contribution in [3.8, 4) is 5.75 Å². The number of hydrogen-bond acceptors (Lipinski definition) is 4. The molecule has 132 valence electrons. The molecule has 0 fully saturated rings. The second-order valence-corrected chi connectivity index (χ2v) is 6.12. The number of ether oxygens (including phenoxy) is 1. The van der Waals surface area contributed by atoms with Crippen LogP contribution in [0.15, 0.2) is 42.5 Å². The summed E-state index contributed by atoms with van der Waals surface area (Å²) in [6.45, 7) is 5.76. The van der Waals surface area contributed by atoms with E-state index in [0.717, 1.165) is 23.1 Å². The molecule has 5 heteroatoms. The number of carbonyl (C=O) groups is 1. The summed E-state index contributed by atoms with van der Waals surface area (Å²) in [4.78, 5) is 23.2. The lowest BCUT2D eigenvalue weighted by atomic mass is 9.95. The van der Waals surface area contributed by atoms with Gasteiger partial charge in [0.05, 0.1) is 6.42 Å².